The first-order valence-corrected chi connectivity index (χ1v) is 10.2. The molecule has 1 amide bonds. The molecule has 0 aliphatic carbocycles. The maximum atomic E-state index is 13.1. The number of nitrogens with zero attached hydrogens (tertiary/aromatic N) is 3. The molecule has 0 aromatic carbocycles. The molecule has 1 aliphatic heterocycles. The largest absolute Gasteiger partial charge is 0.382 e. The van der Waals surface area contributed by atoms with E-state index >= 15 is 0 Å². The quantitative estimate of drug-likeness (QED) is 0.711. The van der Waals surface area contributed by atoms with Crippen LogP contribution >= 0.6 is 11.3 Å². The summed E-state index contributed by atoms with van der Waals surface area (Å²) in [4.78, 5) is 20.4. The highest BCUT2D eigenvalue weighted by molar-refractivity contribution is 7.15. The number of fused-ring (bicyclic) bond motifs is 1. The van der Waals surface area contributed by atoms with Gasteiger partial charge in [0.05, 0.1) is 17.9 Å². The fourth-order valence-electron chi connectivity index (χ4n) is 3.32. The third-order valence-corrected chi connectivity index (χ3v) is 5.17. The van der Waals surface area contributed by atoms with Crippen molar-refractivity contribution >= 4 is 22.2 Å². The van der Waals surface area contributed by atoms with Crippen LogP contribution in [0.2, 0.25) is 0 Å². The van der Waals surface area contributed by atoms with Gasteiger partial charge in [-0.1, -0.05) is 0 Å². The van der Waals surface area contributed by atoms with Gasteiger partial charge in [-0.05, 0) is 33.7 Å². The van der Waals surface area contributed by atoms with E-state index in [-0.39, 0.29) is 18.1 Å². The maximum absolute atomic E-state index is 13.1. The van der Waals surface area contributed by atoms with Gasteiger partial charge in [0, 0.05) is 44.4 Å². The Kier molecular flexibility index (Phi) is 6.63. The van der Waals surface area contributed by atoms with Gasteiger partial charge < -0.3 is 19.7 Å². The molecular formula is C18H28N4O3S. The number of nitrogens with one attached hydrogen (secondary N) is 1. The van der Waals surface area contributed by atoms with Crippen molar-refractivity contribution in [2.75, 3.05) is 32.8 Å². The minimum atomic E-state index is -0.00554. The van der Waals surface area contributed by atoms with Crippen molar-refractivity contribution in [3.63, 3.8) is 0 Å². The zero-order chi connectivity index (χ0) is 18.5. The van der Waals surface area contributed by atoms with Crippen LogP contribution in [0.4, 0.5) is 0 Å². The van der Waals surface area contributed by atoms with Gasteiger partial charge in [-0.15, -0.1) is 11.3 Å². The molecule has 1 fully saturated rings. The highest BCUT2D eigenvalue weighted by Crippen LogP contribution is 2.21. The van der Waals surface area contributed by atoms with Crippen LogP contribution in [0.1, 0.15) is 43.4 Å². The van der Waals surface area contributed by atoms with Crippen molar-refractivity contribution in [2.24, 2.45) is 0 Å². The normalized spacial score (nSPS) is 20.8. The second kappa shape index (κ2) is 8.94. The number of morpholine rings is 1. The number of rotatable bonds is 8. The minimum absolute atomic E-state index is 0.00554. The molecule has 0 spiro atoms. The van der Waals surface area contributed by atoms with E-state index in [1.165, 1.54) is 0 Å². The number of carbonyl (C=O) groups excluding carboxylic acids is 1. The predicted octanol–water partition coefficient (Wildman–Crippen LogP) is 2.16. The number of thiazole rings is 1. The number of carbonyl (C=O) groups is 1. The van der Waals surface area contributed by atoms with Crippen molar-refractivity contribution in [3.8, 4) is 0 Å². The summed E-state index contributed by atoms with van der Waals surface area (Å²) in [7, 11) is 0. The zero-order valence-electron chi connectivity index (χ0n) is 15.7. The van der Waals surface area contributed by atoms with E-state index in [9.17, 15) is 4.79 Å². The van der Waals surface area contributed by atoms with Gasteiger partial charge in [0.25, 0.3) is 5.91 Å². The van der Waals surface area contributed by atoms with Gasteiger partial charge in [0.15, 0.2) is 10.7 Å². The number of hydrogen-bond donors (Lipinski definition) is 1. The Hall–Kier alpha value is -1.48. The monoisotopic (exact) mass is 380 g/mol. The van der Waals surface area contributed by atoms with Gasteiger partial charge in [-0.3, -0.25) is 9.20 Å². The van der Waals surface area contributed by atoms with Crippen LogP contribution in [-0.4, -0.2) is 65.2 Å². The molecule has 1 aliphatic rings. The molecule has 1 saturated heterocycles. The van der Waals surface area contributed by atoms with Crippen LogP contribution in [0, 0.1) is 0 Å². The van der Waals surface area contributed by atoms with E-state index in [0.29, 0.717) is 25.3 Å². The van der Waals surface area contributed by atoms with Gasteiger partial charge in [-0.2, -0.15) is 0 Å². The van der Waals surface area contributed by atoms with Crippen LogP contribution in [-0.2, 0) is 16.0 Å². The van der Waals surface area contributed by atoms with Crippen molar-refractivity contribution < 1.29 is 14.3 Å². The fourth-order valence-corrected chi connectivity index (χ4v) is 4.05. The van der Waals surface area contributed by atoms with Crippen LogP contribution in [0.3, 0.4) is 0 Å². The zero-order valence-corrected chi connectivity index (χ0v) is 16.6. The molecule has 1 N–H and O–H groups in total. The number of ether oxygens (including phenoxy) is 2. The molecule has 26 heavy (non-hydrogen) atoms. The smallest absolute Gasteiger partial charge is 0.274 e. The summed E-state index contributed by atoms with van der Waals surface area (Å²) in [5, 5.41) is 5.41. The summed E-state index contributed by atoms with van der Waals surface area (Å²) in [5.41, 5.74) is 1.48. The summed E-state index contributed by atoms with van der Waals surface area (Å²) in [5.74, 6) is -0.00554. The Labute approximate surface area is 158 Å². The summed E-state index contributed by atoms with van der Waals surface area (Å²) >= 11 is 1.55. The third-order valence-electron chi connectivity index (χ3n) is 4.41. The Morgan fingerprint density at radius 1 is 1.42 bits per heavy atom. The lowest BCUT2D eigenvalue weighted by atomic mass is 10.2. The Balaban J connectivity index is 1.71. The molecule has 3 rings (SSSR count). The highest BCUT2D eigenvalue weighted by atomic mass is 32.1. The third kappa shape index (κ3) is 4.43. The molecule has 3 heterocycles. The van der Waals surface area contributed by atoms with Crippen LogP contribution in [0.5, 0.6) is 0 Å². The van der Waals surface area contributed by atoms with Crippen molar-refractivity contribution in [2.45, 2.75) is 45.9 Å². The van der Waals surface area contributed by atoms with Gasteiger partial charge in [0.2, 0.25) is 0 Å². The van der Waals surface area contributed by atoms with Crippen LogP contribution in [0.25, 0.3) is 4.96 Å². The molecule has 0 radical (unpaired) electrons. The molecule has 0 bridgehead atoms. The number of imidazole rings is 1. The van der Waals surface area contributed by atoms with Crippen LogP contribution in [0.15, 0.2) is 11.6 Å². The summed E-state index contributed by atoms with van der Waals surface area (Å²) in [6, 6.07) is 0. The van der Waals surface area contributed by atoms with E-state index in [4.69, 9.17) is 9.47 Å². The fraction of sp³-hybridized carbons (Fsp3) is 0.667. The lowest BCUT2D eigenvalue weighted by molar-refractivity contribution is -0.0587. The lowest BCUT2D eigenvalue weighted by Gasteiger charge is -2.35. The second-order valence-corrected chi connectivity index (χ2v) is 7.53. The van der Waals surface area contributed by atoms with E-state index in [1.807, 2.05) is 41.6 Å². The number of aromatic nitrogens is 2. The molecule has 2 aromatic heterocycles. The molecular weight excluding hydrogens is 352 g/mol. The second-order valence-electron chi connectivity index (χ2n) is 6.66. The average molecular weight is 381 g/mol. The van der Waals surface area contributed by atoms with Gasteiger partial charge in [-0.25, -0.2) is 4.98 Å². The number of amides is 1. The van der Waals surface area contributed by atoms with Gasteiger partial charge >= 0.3 is 0 Å². The molecule has 7 nitrogen and oxygen atoms in total. The van der Waals surface area contributed by atoms with Crippen LogP contribution < -0.4 is 5.32 Å². The predicted molar refractivity (Wildman–Crippen MR) is 102 cm³/mol. The summed E-state index contributed by atoms with van der Waals surface area (Å²) < 4.78 is 13.1. The van der Waals surface area contributed by atoms with E-state index in [1.54, 1.807) is 11.3 Å². The SMILES string of the molecule is CCOCCCNCc1c(C(=O)N2CC(C)OC(C)C2)nc2sccn12. The molecule has 8 heteroatoms. The standard InChI is InChI=1S/C18H28N4O3S/c1-4-24-8-5-6-19-10-15-16(20-18-22(15)7-9-26-18)17(23)21-11-13(2)25-14(3)12-21/h7,9,13-14,19H,4-6,8,10-12H2,1-3H3. The Morgan fingerprint density at radius 3 is 2.92 bits per heavy atom. The lowest BCUT2D eigenvalue weighted by Crippen LogP contribution is -2.48. The summed E-state index contributed by atoms with van der Waals surface area (Å²) in [6.45, 7) is 10.2. The topological polar surface area (TPSA) is 68.1 Å². The first kappa shape index (κ1) is 19.3. The van der Waals surface area contributed by atoms with E-state index in [0.717, 1.165) is 36.8 Å². The van der Waals surface area contributed by atoms with Crippen molar-refractivity contribution in [1.82, 2.24) is 19.6 Å². The molecule has 144 valence electrons. The Bertz CT molecular complexity index is 719. The van der Waals surface area contributed by atoms with Crippen molar-refractivity contribution in [1.29, 1.82) is 0 Å². The molecule has 2 aromatic rings. The molecule has 0 saturated carbocycles. The first-order chi connectivity index (χ1) is 12.6. The maximum Gasteiger partial charge on any atom is 0.274 e. The first-order valence-electron chi connectivity index (χ1n) is 9.27. The van der Waals surface area contributed by atoms with Gasteiger partial charge in [0.1, 0.15) is 0 Å². The Morgan fingerprint density at radius 2 is 2.19 bits per heavy atom. The molecule has 2 unspecified atom stereocenters. The number of hydrogen-bond acceptors (Lipinski definition) is 6. The van der Waals surface area contributed by atoms with Crippen molar-refractivity contribution in [3.05, 3.63) is 23.0 Å². The highest BCUT2D eigenvalue weighted by Gasteiger charge is 2.30. The average Bonchev–Trinajstić information content (AvgIpc) is 3.18. The minimum Gasteiger partial charge on any atom is -0.382 e. The summed E-state index contributed by atoms with van der Waals surface area (Å²) in [6.07, 6.45) is 3.02. The van der Waals surface area contributed by atoms with E-state index in [2.05, 4.69) is 10.3 Å². The molecule has 2 atom stereocenters. The van der Waals surface area contributed by atoms with E-state index < -0.39 is 0 Å².